The molecule has 0 aromatic heterocycles. The summed E-state index contributed by atoms with van der Waals surface area (Å²) in [7, 11) is 0. The third-order valence-electron chi connectivity index (χ3n) is 9.65. The number of aliphatic hydroxyl groups is 1. The van der Waals surface area contributed by atoms with Crippen LogP contribution in [0.4, 0.5) is 4.79 Å². The fraction of sp³-hybridized carbons (Fsp3) is 0.289. The molecule has 286 valence electrons. The van der Waals surface area contributed by atoms with E-state index in [4.69, 9.17) is 9.47 Å². The Labute approximate surface area is 322 Å². The number of allylic oxidation sites excluding steroid dienone is 2. The van der Waals surface area contributed by atoms with Crippen molar-refractivity contribution < 1.29 is 33.8 Å². The average molecular weight is 744 g/mol. The molecule has 0 radical (unpaired) electrons. The molecule has 1 aliphatic carbocycles. The molecule has 0 saturated carbocycles. The van der Waals surface area contributed by atoms with E-state index in [1.807, 2.05) is 72.8 Å². The second-order valence-corrected chi connectivity index (χ2v) is 13.6. The predicted molar refractivity (Wildman–Crippen MR) is 212 cm³/mol. The summed E-state index contributed by atoms with van der Waals surface area (Å²) >= 11 is 0. The number of esters is 1. The number of hydrogen-bond acceptors (Lipinski definition) is 7. The number of rotatable bonds is 20. The van der Waals surface area contributed by atoms with Gasteiger partial charge in [-0.25, -0.2) is 9.59 Å². The molecule has 1 aliphatic rings. The van der Waals surface area contributed by atoms with Crippen LogP contribution in [0.15, 0.2) is 135 Å². The molecule has 0 fully saturated rings. The summed E-state index contributed by atoms with van der Waals surface area (Å²) < 4.78 is 11.4. The van der Waals surface area contributed by atoms with Gasteiger partial charge in [0.25, 0.3) is 0 Å². The highest BCUT2D eigenvalue weighted by Gasteiger charge is 2.31. The van der Waals surface area contributed by atoms with Crippen molar-refractivity contribution in [2.24, 2.45) is 5.92 Å². The number of carbonyl (C=O) groups is 4. The smallest absolute Gasteiger partial charge is 0.407 e. The Morgan fingerprint density at radius 3 is 1.98 bits per heavy atom. The van der Waals surface area contributed by atoms with Crippen LogP contribution in [0.2, 0.25) is 0 Å². The van der Waals surface area contributed by atoms with Gasteiger partial charge in [0.05, 0.1) is 24.6 Å². The predicted octanol–water partition coefficient (Wildman–Crippen LogP) is 6.56. The van der Waals surface area contributed by atoms with Crippen LogP contribution in [0.25, 0.3) is 11.1 Å². The van der Waals surface area contributed by atoms with Gasteiger partial charge < -0.3 is 30.5 Å². The Morgan fingerprint density at radius 2 is 1.36 bits per heavy atom. The highest BCUT2D eigenvalue weighted by atomic mass is 16.6. The first kappa shape index (κ1) is 40.2. The quantitative estimate of drug-likeness (QED) is 0.0593. The van der Waals surface area contributed by atoms with Crippen LogP contribution in [0.5, 0.6) is 0 Å². The Balaban J connectivity index is 1.20. The summed E-state index contributed by atoms with van der Waals surface area (Å²) in [5.41, 5.74) is 5.99. The third-order valence-corrected chi connectivity index (χ3v) is 9.65. The second kappa shape index (κ2) is 20.5. The maximum atomic E-state index is 13.7. The number of fused-ring (bicyclic) bond motifs is 3. The number of alkyl carbamates (subject to hydrolysis) is 1. The van der Waals surface area contributed by atoms with Crippen molar-refractivity contribution in [3.05, 3.63) is 157 Å². The zero-order chi connectivity index (χ0) is 39.0. The highest BCUT2D eigenvalue weighted by molar-refractivity contribution is 5.86. The van der Waals surface area contributed by atoms with Gasteiger partial charge in [-0.1, -0.05) is 121 Å². The maximum absolute atomic E-state index is 13.7. The van der Waals surface area contributed by atoms with Crippen molar-refractivity contribution in [1.29, 1.82) is 0 Å². The maximum Gasteiger partial charge on any atom is 0.407 e. The van der Waals surface area contributed by atoms with Crippen molar-refractivity contribution in [1.82, 2.24) is 16.0 Å². The summed E-state index contributed by atoms with van der Waals surface area (Å²) in [5.74, 6) is -2.42. The zero-order valence-electron chi connectivity index (χ0n) is 30.9. The van der Waals surface area contributed by atoms with Gasteiger partial charge in [-0.3, -0.25) is 9.59 Å². The molecule has 4 atom stereocenters. The van der Waals surface area contributed by atoms with E-state index in [0.29, 0.717) is 18.4 Å². The van der Waals surface area contributed by atoms with E-state index in [0.717, 1.165) is 27.8 Å². The Bertz CT molecular complexity index is 1870. The minimum atomic E-state index is -1.03. The van der Waals surface area contributed by atoms with Gasteiger partial charge in [-0.15, -0.1) is 13.2 Å². The van der Waals surface area contributed by atoms with Crippen molar-refractivity contribution in [2.45, 2.75) is 56.1 Å². The zero-order valence-corrected chi connectivity index (χ0v) is 30.9. The van der Waals surface area contributed by atoms with Crippen molar-refractivity contribution in [3.63, 3.8) is 0 Å². The van der Waals surface area contributed by atoms with E-state index in [1.165, 1.54) is 0 Å². The largest absolute Gasteiger partial charge is 0.462 e. The van der Waals surface area contributed by atoms with Gasteiger partial charge in [0, 0.05) is 12.3 Å². The standard InChI is InChI=1S/C45H49N3O7/c1-3-5-25-40(48-45(53)55-29-39-37-23-14-12-21-35(37)36-22-13-15-24-38(36)39)44(52)54-30-41(32-19-10-7-11-20-32)47-43(51)33(16-4-2)27-42(50)46-34(28-49)26-31-17-8-6-9-18-31/h3-4,6-15,17-24,33-34,39-41,49H,1-2,5,16,25-30H2,(H,46,50)(H,47,51)(H,48,53)/t33-,34+,40+,41-/m1/s1. The molecule has 10 nitrogen and oxygen atoms in total. The number of ether oxygens (including phenoxy) is 2. The lowest BCUT2D eigenvalue weighted by Crippen LogP contribution is -2.44. The minimum Gasteiger partial charge on any atom is -0.462 e. The molecule has 0 bridgehead atoms. The molecule has 3 amide bonds. The molecular weight excluding hydrogens is 695 g/mol. The first-order chi connectivity index (χ1) is 26.8. The normalized spacial score (nSPS) is 13.8. The van der Waals surface area contributed by atoms with Gasteiger partial charge in [-0.2, -0.15) is 0 Å². The summed E-state index contributed by atoms with van der Waals surface area (Å²) in [6.07, 6.45) is 3.63. The molecule has 4 aromatic carbocycles. The molecular formula is C45H49N3O7. The Kier molecular flexibility index (Phi) is 14.9. The van der Waals surface area contributed by atoms with Crippen LogP contribution >= 0.6 is 0 Å². The topological polar surface area (TPSA) is 143 Å². The van der Waals surface area contributed by atoms with Gasteiger partial charge in [0.1, 0.15) is 19.3 Å². The van der Waals surface area contributed by atoms with E-state index in [9.17, 15) is 24.3 Å². The van der Waals surface area contributed by atoms with E-state index in [1.54, 1.807) is 36.4 Å². The summed E-state index contributed by atoms with van der Waals surface area (Å²) in [4.78, 5) is 53.4. The van der Waals surface area contributed by atoms with Crippen molar-refractivity contribution in [3.8, 4) is 11.1 Å². The molecule has 0 saturated heterocycles. The molecule has 5 rings (SSSR count). The molecule has 0 spiro atoms. The second-order valence-electron chi connectivity index (χ2n) is 13.6. The number of amides is 3. The molecule has 55 heavy (non-hydrogen) atoms. The van der Waals surface area contributed by atoms with Crippen LogP contribution in [-0.2, 0) is 30.3 Å². The van der Waals surface area contributed by atoms with Crippen LogP contribution in [-0.4, -0.2) is 60.9 Å². The Morgan fingerprint density at radius 1 is 0.745 bits per heavy atom. The number of carbonyl (C=O) groups excluding carboxylic acids is 4. The SMILES string of the molecule is C=CCC[C@H](NC(=O)OCC1c2ccccc2-c2ccccc21)C(=O)OC[C@@H](NC(=O)[C@H](CC=C)CC(=O)N[C@H](CO)Cc1ccccc1)c1ccccc1. The lowest BCUT2D eigenvalue weighted by Gasteiger charge is -2.24. The molecule has 0 heterocycles. The van der Waals surface area contributed by atoms with Gasteiger partial charge in [0.2, 0.25) is 11.8 Å². The van der Waals surface area contributed by atoms with Crippen LogP contribution in [0.1, 0.15) is 59.9 Å². The van der Waals surface area contributed by atoms with Crippen LogP contribution in [0.3, 0.4) is 0 Å². The molecule has 4 aromatic rings. The minimum absolute atomic E-state index is 0.0861. The van der Waals surface area contributed by atoms with Gasteiger partial charge >= 0.3 is 12.1 Å². The average Bonchev–Trinajstić information content (AvgIpc) is 3.53. The number of hydrogen-bond donors (Lipinski definition) is 4. The van der Waals surface area contributed by atoms with E-state index in [2.05, 4.69) is 41.2 Å². The molecule has 4 N–H and O–H groups in total. The Hall–Kier alpha value is -6.00. The first-order valence-electron chi connectivity index (χ1n) is 18.6. The lowest BCUT2D eigenvalue weighted by molar-refractivity contribution is -0.147. The van der Waals surface area contributed by atoms with E-state index < -0.39 is 42.0 Å². The summed E-state index contributed by atoms with van der Waals surface area (Å²) in [6.45, 7) is 7.11. The number of benzene rings is 4. The first-order valence-corrected chi connectivity index (χ1v) is 18.6. The van der Waals surface area contributed by atoms with Gasteiger partial charge in [0.15, 0.2) is 0 Å². The van der Waals surface area contributed by atoms with Crippen molar-refractivity contribution >= 4 is 23.9 Å². The molecule has 0 aliphatic heterocycles. The third kappa shape index (κ3) is 11.3. The van der Waals surface area contributed by atoms with Crippen LogP contribution < -0.4 is 16.0 Å². The van der Waals surface area contributed by atoms with Crippen molar-refractivity contribution in [2.75, 3.05) is 19.8 Å². The molecule has 0 unspecified atom stereocenters. The van der Waals surface area contributed by atoms with E-state index in [-0.39, 0.29) is 50.9 Å². The van der Waals surface area contributed by atoms with E-state index >= 15 is 0 Å². The van der Waals surface area contributed by atoms with Gasteiger partial charge in [-0.05, 0) is 59.1 Å². The number of aliphatic hydroxyl groups excluding tert-OH is 1. The summed E-state index contributed by atoms with van der Waals surface area (Å²) in [5, 5.41) is 18.4. The molecule has 10 heteroatoms. The summed E-state index contributed by atoms with van der Waals surface area (Å²) in [6, 6.07) is 32.3. The fourth-order valence-electron chi connectivity index (χ4n) is 6.83. The van der Waals surface area contributed by atoms with Crippen LogP contribution in [0, 0.1) is 5.92 Å². The number of nitrogens with one attached hydrogen (secondary N) is 3. The lowest BCUT2D eigenvalue weighted by atomic mass is 9.97. The fourth-order valence-corrected chi connectivity index (χ4v) is 6.83. The highest BCUT2D eigenvalue weighted by Crippen LogP contribution is 2.44. The monoisotopic (exact) mass is 743 g/mol.